The second-order valence-corrected chi connectivity index (χ2v) is 9.85. The molecule has 0 fully saturated rings. The molecule has 0 saturated carbocycles. The van der Waals surface area contributed by atoms with Gasteiger partial charge in [-0.2, -0.15) is 11.3 Å². The average Bonchev–Trinajstić information content (AvgIpc) is 3.62. The Kier molecular flexibility index (Phi) is 7.72. The fourth-order valence-corrected chi connectivity index (χ4v) is 4.76. The molecule has 0 aliphatic heterocycles. The van der Waals surface area contributed by atoms with E-state index in [-0.39, 0.29) is 12.1 Å². The molecule has 1 atom stereocenters. The molecule has 1 N–H and O–H groups in total. The molecule has 0 spiro atoms. The highest BCUT2D eigenvalue weighted by Crippen LogP contribution is 2.22. The number of methoxy groups -OCH3 is 1. The zero-order valence-electron chi connectivity index (χ0n) is 20.5. The number of carbonyl (C=O) groups is 2. The number of esters is 1. The Morgan fingerprint density at radius 2 is 1.74 bits per heavy atom. The second kappa shape index (κ2) is 11.5. The van der Waals surface area contributed by atoms with Crippen LogP contribution in [0.4, 0.5) is 0 Å². The normalized spacial score (nSPS) is 11.7. The first-order valence-electron chi connectivity index (χ1n) is 11.8. The third kappa shape index (κ3) is 6.04. The summed E-state index contributed by atoms with van der Waals surface area (Å²) in [7, 11) is 1.30. The first-order chi connectivity index (χ1) is 18.5. The van der Waals surface area contributed by atoms with Gasteiger partial charge in [-0.05, 0) is 75.5 Å². The van der Waals surface area contributed by atoms with Crippen LogP contribution in [0.25, 0.3) is 16.8 Å². The number of pyridine rings is 1. The molecule has 3 aromatic heterocycles. The molecule has 5 rings (SSSR count). The zero-order valence-corrected chi connectivity index (χ0v) is 22.0. The number of carbonyl (C=O) groups excluding carboxylic acids is 2. The number of nitrogens with one attached hydrogen (secondary N) is 1. The Labute approximate surface area is 228 Å². The van der Waals surface area contributed by atoms with Crippen molar-refractivity contribution < 1.29 is 19.1 Å². The van der Waals surface area contributed by atoms with Crippen LogP contribution in [0.5, 0.6) is 5.75 Å². The summed E-state index contributed by atoms with van der Waals surface area (Å²) < 4.78 is 12.5. The van der Waals surface area contributed by atoms with Gasteiger partial charge in [0.2, 0.25) is 0 Å². The number of aromatic nitrogens is 2. The Balaban J connectivity index is 1.27. The maximum Gasteiger partial charge on any atom is 0.328 e. The van der Waals surface area contributed by atoms with Gasteiger partial charge in [-0.1, -0.05) is 35.9 Å². The van der Waals surface area contributed by atoms with Crippen LogP contribution in [-0.2, 0) is 22.6 Å². The van der Waals surface area contributed by atoms with Crippen LogP contribution in [0, 0.1) is 0 Å². The molecule has 3 heterocycles. The molecule has 0 aliphatic rings. The fourth-order valence-electron chi connectivity index (χ4n) is 3.98. The monoisotopic (exact) mass is 545 g/mol. The standard InChI is InChI=1S/C29H24ClN3O4S/c1-36-29(35)25(14-19-2-9-24(10-3-19)37-17-20-12-13-38-18-20)32-28(34)26-16-33-15-22(6-11-27(33)31-26)21-4-7-23(30)8-5-21/h2-13,15-16,18,25H,14,17H2,1H3,(H,32,34)/t25-/m0/s1. The van der Waals surface area contributed by atoms with Crippen molar-refractivity contribution in [2.24, 2.45) is 0 Å². The average molecular weight is 546 g/mol. The maximum atomic E-state index is 13.1. The zero-order chi connectivity index (χ0) is 26.5. The van der Waals surface area contributed by atoms with Crippen LogP contribution in [0.1, 0.15) is 21.6 Å². The first-order valence-corrected chi connectivity index (χ1v) is 13.2. The van der Waals surface area contributed by atoms with Crippen LogP contribution < -0.4 is 10.1 Å². The third-order valence-electron chi connectivity index (χ3n) is 6.00. The summed E-state index contributed by atoms with van der Waals surface area (Å²) in [4.78, 5) is 30.0. The predicted molar refractivity (Wildman–Crippen MR) is 148 cm³/mol. The van der Waals surface area contributed by atoms with Gasteiger partial charge in [0.05, 0.1) is 7.11 Å². The summed E-state index contributed by atoms with van der Waals surface area (Å²) in [6.45, 7) is 0.490. The molecular weight excluding hydrogens is 522 g/mol. The molecule has 0 unspecified atom stereocenters. The third-order valence-corrected chi connectivity index (χ3v) is 6.99. The number of amides is 1. The number of halogens is 1. The lowest BCUT2D eigenvalue weighted by Gasteiger charge is -2.16. The number of fused-ring (bicyclic) bond motifs is 1. The Hall–Kier alpha value is -4.14. The molecule has 2 aromatic carbocycles. The Bertz CT molecular complexity index is 1550. The van der Waals surface area contributed by atoms with Gasteiger partial charge in [-0.3, -0.25) is 4.79 Å². The van der Waals surface area contributed by atoms with Crippen molar-refractivity contribution in [3.63, 3.8) is 0 Å². The van der Waals surface area contributed by atoms with E-state index in [0.717, 1.165) is 28.0 Å². The molecular formula is C29H24ClN3O4S. The lowest BCUT2D eigenvalue weighted by Crippen LogP contribution is -2.43. The van der Waals surface area contributed by atoms with Gasteiger partial charge < -0.3 is 19.2 Å². The van der Waals surface area contributed by atoms with E-state index in [1.165, 1.54) is 7.11 Å². The van der Waals surface area contributed by atoms with Crippen LogP contribution >= 0.6 is 22.9 Å². The van der Waals surface area contributed by atoms with Crippen molar-refractivity contribution in [1.29, 1.82) is 0 Å². The van der Waals surface area contributed by atoms with Gasteiger partial charge in [0.25, 0.3) is 5.91 Å². The first kappa shape index (κ1) is 25.5. The summed E-state index contributed by atoms with van der Waals surface area (Å²) in [5.41, 5.74) is 4.72. The largest absolute Gasteiger partial charge is 0.489 e. The summed E-state index contributed by atoms with van der Waals surface area (Å²) in [5.74, 6) is -0.279. The fraction of sp³-hybridized carbons (Fsp3) is 0.138. The Morgan fingerprint density at radius 3 is 2.45 bits per heavy atom. The summed E-state index contributed by atoms with van der Waals surface area (Å²) in [5, 5.41) is 7.48. The number of nitrogens with zero attached hydrogens (tertiary/aromatic N) is 2. The van der Waals surface area contributed by atoms with Crippen LogP contribution in [0.15, 0.2) is 89.9 Å². The van der Waals surface area contributed by atoms with E-state index in [0.29, 0.717) is 17.3 Å². The highest BCUT2D eigenvalue weighted by Gasteiger charge is 2.24. The number of hydrogen-bond donors (Lipinski definition) is 1. The van der Waals surface area contributed by atoms with E-state index in [1.54, 1.807) is 21.9 Å². The van der Waals surface area contributed by atoms with E-state index in [9.17, 15) is 9.59 Å². The number of ether oxygens (including phenoxy) is 2. The number of hydrogen-bond acceptors (Lipinski definition) is 6. The van der Waals surface area contributed by atoms with Crippen molar-refractivity contribution in [2.45, 2.75) is 19.1 Å². The smallest absolute Gasteiger partial charge is 0.328 e. The molecule has 192 valence electrons. The van der Waals surface area contributed by atoms with Gasteiger partial charge in [0.1, 0.15) is 29.7 Å². The molecule has 1 amide bonds. The van der Waals surface area contributed by atoms with Crippen molar-refractivity contribution in [3.05, 3.63) is 112 Å². The van der Waals surface area contributed by atoms with Crippen LogP contribution in [0.3, 0.4) is 0 Å². The summed E-state index contributed by atoms with van der Waals surface area (Å²) in [6, 6.07) is 19.8. The molecule has 5 aromatic rings. The summed E-state index contributed by atoms with van der Waals surface area (Å²) >= 11 is 7.62. The molecule has 0 radical (unpaired) electrons. The minimum absolute atomic E-state index is 0.198. The van der Waals surface area contributed by atoms with Crippen molar-refractivity contribution in [1.82, 2.24) is 14.7 Å². The number of rotatable bonds is 9. The lowest BCUT2D eigenvalue weighted by atomic mass is 10.1. The number of imidazole rings is 1. The van der Waals surface area contributed by atoms with Crippen molar-refractivity contribution in [3.8, 4) is 16.9 Å². The van der Waals surface area contributed by atoms with Gasteiger partial charge in [-0.25, -0.2) is 9.78 Å². The Morgan fingerprint density at radius 1 is 0.974 bits per heavy atom. The SMILES string of the molecule is COC(=O)[C@H](Cc1ccc(OCc2ccsc2)cc1)NC(=O)c1cn2cc(-c3ccc(Cl)cc3)ccc2n1. The quantitative estimate of drug-likeness (QED) is 0.236. The molecule has 0 saturated heterocycles. The van der Waals surface area contributed by atoms with Gasteiger partial charge in [0, 0.05) is 23.8 Å². The van der Waals surface area contributed by atoms with Gasteiger partial charge >= 0.3 is 5.97 Å². The number of benzene rings is 2. The van der Waals surface area contributed by atoms with E-state index >= 15 is 0 Å². The van der Waals surface area contributed by atoms with Crippen LogP contribution in [0.2, 0.25) is 5.02 Å². The highest BCUT2D eigenvalue weighted by molar-refractivity contribution is 7.07. The van der Waals surface area contributed by atoms with Crippen molar-refractivity contribution >= 4 is 40.5 Å². The molecule has 38 heavy (non-hydrogen) atoms. The van der Waals surface area contributed by atoms with Gasteiger partial charge in [-0.15, -0.1) is 0 Å². The topological polar surface area (TPSA) is 81.9 Å². The van der Waals surface area contributed by atoms with E-state index < -0.39 is 17.9 Å². The molecule has 0 bridgehead atoms. The predicted octanol–water partition coefficient (Wildman–Crippen LogP) is 5.81. The minimum atomic E-state index is -0.875. The maximum absolute atomic E-state index is 13.1. The minimum Gasteiger partial charge on any atom is -0.489 e. The van der Waals surface area contributed by atoms with E-state index in [1.807, 2.05) is 83.7 Å². The van der Waals surface area contributed by atoms with E-state index in [2.05, 4.69) is 10.3 Å². The molecule has 7 nitrogen and oxygen atoms in total. The second-order valence-electron chi connectivity index (χ2n) is 8.63. The molecule has 9 heteroatoms. The van der Waals surface area contributed by atoms with Crippen molar-refractivity contribution in [2.75, 3.05) is 7.11 Å². The lowest BCUT2D eigenvalue weighted by molar-refractivity contribution is -0.142. The number of thiophene rings is 1. The summed E-state index contributed by atoms with van der Waals surface area (Å²) in [6.07, 6.45) is 3.79. The van der Waals surface area contributed by atoms with Crippen LogP contribution in [-0.4, -0.2) is 34.4 Å². The molecule has 0 aliphatic carbocycles. The van der Waals surface area contributed by atoms with E-state index in [4.69, 9.17) is 21.1 Å². The highest BCUT2D eigenvalue weighted by atomic mass is 35.5. The van der Waals surface area contributed by atoms with Gasteiger partial charge in [0.15, 0.2) is 0 Å².